The highest BCUT2D eigenvalue weighted by Crippen LogP contribution is 2.31. The number of aromatic nitrogens is 4. The van der Waals surface area contributed by atoms with Crippen molar-refractivity contribution in [3.63, 3.8) is 0 Å². The molecule has 0 bridgehead atoms. The minimum absolute atomic E-state index is 0.0750. The first-order valence-corrected chi connectivity index (χ1v) is 14.4. The predicted molar refractivity (Wildman–Crippen MR) is 128 cm³/mol. The molecule has 176 valence electrons. The Balaban J connectivity index is 1.32. The van der Waals surface area contributed by atoms with E-state index in [1.807, 2.05) is 18.5 Å². The Kier molecular flexibility index (Phi) is 7.08. The van der Waals surface area contributed by atoms with Crippen molar-refractivity contribution in [3.05, 3.63) is 11.4 Å². The zero-order chi connectivity index (χ0) is 22.9. The molecule has 0 aliphatic carbocycles. The molecule has 10 nitrogen and oxygen atoms in total. The van der Waals surface area contributed by atoms with E-state index in [2.05, 4.69) is 37.3 Å². The summed E-state index contributed by atoms with van der Waals surface area (Å²) in [5.41, 5.74) is 3.04. The molecule has 4 rings (SSSR count). The highest BCUT2D eigenvalue weighted by Gasteiger charge is 2.32. The summed E-state index contributed by atoms with van der Waals surface area (Å²) < 4.78 is 26.5. The molecule has 2 aromatic heterocycles. The van der Waals surface area contributed by atoms with Gasteiger partial charge < -0.3 is 4.90 Å². The van der Waals surface area contributed by atoms with Gasteiger partial charge in [0.25, 0.3) is 0 Å². The number of nitrogens with one attached hydrogen (secondary N) is 1. The molecule has 1 N–H and O–H groups in total. The number of thioether (sulfide) groups is 1. The number of piperazine rings is 1. The lowest BCUT2D eigenvalue weighted by Crippen LogP contribution is -2.49. The van der Waals surface area contributed by atoms with E-state index in [1.165, 1.54) is 11.3 Å². The first-order chi connectivity index (χ1) is 15.3. The normalized spacial score (nSPS) is 21.2. The standard InChI is InChI=1S/C19H29N7O3S3/c1-4-30-19-22-21-18(31-19)20-16(27)11-24-6-8-25(9-7-24)17-13(2)23-26(14(17)3)15-5-10-32(28,29)12-15/h15H,4-12H2,1-3H3,(H,20,21,27)/t15-/m0/s1. The molecule has 2 aromatic rings. The van der Waals surface area contributed by atoms with Gasteiger partial charge in [0.15, 0.2) is 14.2 Å². The van der Waals surface area contributed by atoms with E-state index >= 15 is 0 Å². The second-order valence-corrected chi connectivity index (χ2v) is 12.9. The average molecular weight is 500 g/mol. The summed E-state index contributed by atoms with van der Waals surface area (Å²) in [5.74, 6) is 1.25. The molecule has 0 radical (unpaired) electrons. The van der Waals surface area contributed by atoms with E-state index in [9.17, 15) is 13.2 Å². The van der Waals surface area contributed by atoms with Crippen molar-refractivity contribution in [2.45, 2.75) is 37.6 Å². The van der Waals surface area contributed by atoms with E-state index in [-0.39, 0.29) is 23.5 Å². The number of nitrogens with zero attached hydrogens (tertiary/aromatic N) is 6. The molecule has 4 heterocycles. The summed E-state index contributed by atoms with van der Waals surface area (Å²) in [6.07, 6.45) is 0.625. The van der Waals surface area contributed by atoms with Gasteiger partial charge in [-0.2, -0.15) is 5.10 Å². The number of anilines is 2. The van der Waals surface area contributed by atoms with Crippen LogP contribution in [-0.2, 0) is 14.6 Å². The average Bonchev–Trinajstić information content (AvgIpc) is 3.40. The molecule has 32 heavy (non-hydrogen) atoms. The van der Waals surface area contributed by atoms with Crippen LogP contribution in [0.5, 0.6) is 0 Å². The largest absolute Gasteiger partial charge is 0.366 e. The van der Waals surface area contributed by atoms with Crippen LogP contribution in [0.15, 0.2) is 4.34 Å². The van der Waals surface area contributed by atoms with Gasteiger partial charge in [-0.05, 0) is 26.0 Å². The minimum atomic E-state index is -2.96. The maximum atomic E-state index is 12.4. The summed E-state index contributed by atoms with van der Waals surface area (Å²) in [4.78, 5) is 16.8. The van der Waals surface area contributed by atoms with E-state index in [1.54, 1.807) is 11.8 Å². The Labute approximate surface area is 196 Å². The Morgan fingerprint density at radius 1 is 1.22 bits per heavy atom. The Bertz CT molecular complexity index is 1070. The number of rotatable bonds is 7. The number of hydrogen-bond acceptors (Lipinski definition) is 10. The van der Waals surface area contributed by atoms with Crippen LogP contribution in [-0.4, -0.2) is 89.2 Å². The second kappa shape index (κ2) is 9.65. The van der Waals surface area contributed by atoms with Crippen molar-refractivity contribution in [2.75, 3.05) is 60.2 Å². The van der Waals surface area contributed by atoms with Gasteiger partial charge in [0.05, 0.1) is 41.2 Å². The highest BCUT2D eigenvalue weighted by molar-refractivity contribution is 8.01. The summed E-state index contributed by atoms with van der Waals surface area (Å²) >= 11 is 3.01. The predicted octanol–water partition coefficient (Wildman–Crippen LogP) is 1.58. The Morgan fingerprint density at radius 3 is 2.62 bits per heavy atom. The topological polar surface area (TPSA) is 113 Å². The minimum Gasteiger partial charge on any atom is -0.366 e. The van der Waals surface area contributed by atoms with Crippen LogP contribution in [0.25, 0.3) is 0 Å². The molecule has 2 aliphatic heterocycles. The van der Waals surface area contributed by atoms with Crippen molar-refractivity contribution in [1.29, 1.82) is 0 Å². The molecular weight excluding hydrogens is 470 g/mol. The van der Waals surface area contributed by atoms with Gasteiger partial charge in [0.2, 0.25) is 11.0 Å². The number of amides is 1. The molecule has 0 unspecified atom stereocenters. The summed E-state index contributed by atoms with van der Waals surface area (Å²) in [7, 11) is -2.96. The van der Waals surface area contributed by atoms with E-state index < -0.39 is 9.84 Å². The third-order valence-corrected chi connectivity index (χ3v) is 9.42. The van der Waals surface area contributed by atoms with Gasteiger partial charge in [-0.15, -0.1) is 10.2 Å². The molecule has 0 aromatic carbocycles. The van der Waals surface area contributed by atoms with E-state index in [0.717, 1.165) is 53.3 Å². The first kappa shape index (κ1) is 23.5. The quantitative estimate of drug-likeness (QED) is 0.448. The maximum Gasteiger partial charge on any atom is 0.240 e. The molecule has 2 saturated heterocycles. The van der Waals surface area contributed by atoms with Gasteiger partial charge >= 0.3 is 0 Å². The van der Waals surface area contributed by atoms with Gasteiger partial charge in [0.1, 0.15) is 0 Å². The van der Waals surface area contributed by atoms with Crippen molar-refractivity contribution in [2.24, 2.45) is 0 Å². The third kappa shape index (κ3) is 5.26. The SMILES string of the molecule is CCSc1nnc(NC(=O)CN2CCN(c3c(C)nn([C@H]4CCS(=O)(=O)C4)c3C)CC2)s1. The molecule has 2 aliphatic rings. The summed E-state index contributed by atoms with van der Waals surface area (Å²) in [6, 6.07) is -0.0750. The lowest BCUT2D eigenvalue weighted by atomic mass is 10.2. The van der Waals surface area contributed by atoms with Crippen molar-refractivity contribution < 1.29 is 13.2 Å². The van der Waals surface area contributed by atoms with Crippen LogP contribution in [0.2, 0.25) is 0 Å². The van der Waals surface area contributed by atoms with Crippen molar-refractivity contribution in [1.82, 2.24) is 24.9 Å². The van der Waals surface area contributed by atoms with Crippen molar-refractivity contribution >= 4 is 49.7 Å². The first-order valence-electron chi connectivity index (χ1n) is 10.8. The summed E-state index contributed by atoms with van der Waals surface area (Å²) in [5, 5.41) is 16.2. The van der Waals surface area contributed by atoms with Crippen LogP contribution in [0.4, 0.5) is 10.8 Å². The van der Waals surface area contributed by atoms with E-state index in [4.69, 9.17) is 0 Å². The number of carbonyl (C=O) groups is 1. The van der Waals surface area contributed by atoms with Crippen LogP contribution >= 0.6 is 23.1 Å². The van der Waals surface area contributed by atoms with Gasteiger partial charge in [-0.1, -0.05) is 30.0 Å². The zero-order valence-electron chi connectivity index (χ0n) is 18.6. The lowest BCUT2D eigenvalue weighted by Gasteiger charge is -2.35. The Hall–Kier alpha value is -1.70. The molecular formula is C19H29N7O3S3. The number of hydrogen-bond donors (Lipinski definition) is 1. The summed E-state index contributed by atoms with van der Waals surface area (Å²) in [6.45, 7) is 9.49. The fourth-order valence-electron chi connectivity index (χ4n) is 4.37. The van der Waals surface area contributed by atoms with Crippen LogP contribution in [0, 0.1) is 13.8 Å². The maximum absolute atomic E-state index is 12.4. The number of sulfone groups is 1. The number of carbonyl (C=O) groups excluding carboxylic acids is 1. The van der Waals surface area contributed by atoms with Crippen LogP contribution in [0.1, 0.15) is 30.8 Å². The fraction of sp³-hybridized carbons (Fsp3) is 0.684. The molecule has 0 spiro atoms. The fourth-order valence-corrected chi connectivity index (χ4v) is 7.73. The van der Waals surface area contributed by atoms with E-state index in [0.29, 0.717) is 18.1 Å². The monoisotopic (exact) mass is 499 g/mol. The van der Waals surface area contributed by atoms with Crippen molar-refractivity contribution in [3.8, 4) is 0 Å². The molecule has 0 saturated carbocycles. The molecule has 2 fully saturated rings. The zero-order valence-corrected chi connectivity index (χ0v) is 21.0. The highest BCUT2D eigenvalue weighted by atomic mass is 32.2. The smallest absolute Gasteiger partial charge is 0.240 e. The lowest BCUT2D eigenvalue weighted by molar-refractivity contribution is -0.117. The molecule has 1 amide bonds. The van der Waals surface area contributed by atoms with Crippen LogP contribution < -0.4 is 10.2 Å². The van der Waals surface area contributed by atoms with Crippen LogP contribution in [0.3, 0.4) is 0 Å². The third-order valence-electron chi connectivity index (χ3n) is 5.82. The van der Waals surface area contributed by atoms with Gasteiger partial charge in [-0.25, -0.2) is 8.42 Å². The Morgan fingerprint density at radius 2 is 1.97 bits per heavy atom. The molecule has 13 heteroatoms. The second-order valence-electron chi connectivity index (χ2n) is 8.14. The number of aryl methyl sites for hydroxylation is 1. The van der Waals surface area contributed by atoms with Gasteiger partial charge in [0, 0.05) is 26.2 Å². The molecule has 1 atom stereocenters. The van der Waals surface area contributed by atoms with Gasteiger partial charge in [-0.3, -0.25) is 19.7 Å².